The summed E-state index contributed by atoms with van der Waals surface area (Å²) in [5.41, 5.74) is 1.04. The van der Waals surface area contributed by atoms with Gasteiger partial charge in [-0.15, -0.1) is 0 Å². The molecule has 5 heteroatoms. The van der Waals surface area contributed by atoms with Crippen molar-refractivity contribution in [2.75, 3.05) is 14.2 Å². The van der Waals surface area contributed by atoms with Gasteiger partial charge in [0, 0.05) is 6.07 Å². The van der Waals surface area contributed by atoms with Crippen LogP contribution < -0.4 is 19.5 Å². The molecule has 0 aliphatic heterocycles. The molecular weight excluding hydrogens is 330 g/mol. The van der Waals surface area contributed by atoms with Gasteiger partial charge in [0.2, 0.25) is 0 Å². The van der Waals surface area contributed by atoms with Gasteiger partial charge < -0.3 is 19.5 Å². The lowest BCUT2D eigenvalue weighted by molar-refractivity contribution is -0.128. The first-order valence-corrected chi connectivity index (χ1v) is 8.86. The van der Waals surface area contributed by atoms with E-state index >= 15 is 0 Å². The average Bonchev–Trinajstić information content (AvgIpc) is 2.70. The molecule has 0 aromatic heterocycles. The van der Waals surface area contributed by atoms with E-state index in [2.05, 4.69) is 5.32 Å². The van der Waals surface area contributed by atoms with Crippen LogP contribution in [-0.4, -0.2) is 26.2 Å². The van der Waals surface area contributed by atoms with E-state index < -0.39 is 6.10 Å². The lowest BCUT2D eigenvalue weighted by Gasteiger charge is -2.22. The zero-order valence-corrected chi connectivity index (χ0v) is 15.8. The number of nitrogens with one attached hydrogen (secondary N) is 1. The van der Waals surface area contributed by atoms with Crippen LogP contribution in [0.1, 0.15) is 38.3 Å². The van der Waals surface area contributed by atoms with Crippen molar-refractivity contribution in [2.24, 2.45) is 0 Å². The Morgan fingerprint density at radius 1 is 0.923 bits per heavy atom. The van der Waals surface area contributed by atoms with Crippen molar-refractivity contribution in [3.05, 3.63) is 54.1 Å². The Balaban J connectivity index is 2.05. The molecule has 0 unspecified atom stereocenters. The summed E-state index contributed by atoms with van der Waals surface area (Å²) < 4.78 is 16.3. The molecule has 0 aliphatic carbocycles. The Morgan fingerprint density at radius 3 is 2.15 bits per heavy atom. The third-order valence-electron chi connectivity index (χ3n) is 4.23. The maximum atomic E-state index is 12.7. The average molecular weight is 357 g/mol. The first kappa shape index (κ1) is 19.6. The number of amides is 1. The largest absolute Gasteiger partial charge is 0.497 e. The van der Waals surface area contributed by atoms with E-state index in [0.29, 0.717) is 17.9 Å². The number of carbonyl (C=O) groups is 1. The van der Waals surface area contributed by atoms with Gasteiger partial charge in [-0.05, 0) is 42.7 Å². The van der Waals surface area contributed by atoms with E-state index in [1.165, 1.54) is 0 Å². The zero-order valence-electron chi connectivity index (χ0n) is 15.8. The van der Waals surface area contributed by atoms with Crippen LogP contribution in [0.25, 0.3) is 0 Å². The molecule has 26 heavy (non-hydrogen) atoms. The minimum Gasteiger partial charge on any atom is -0.497 e. The molecule has 1 N–H and O–H groups in total. The number of hydrogen-bond donors (Lipinski definition) is 1. The summed E-state index contributed by atoms with van der Waals surface area (Å²) in [6.07, 6.45) is 0.796. The summed E-state index contributed by atoms with van der Waals surface area (Å²) in [6.45, 7) is 3.97. The smallest absolute Gasteiger partial charge is 0.261 e. The molecule has 2 rings (SSSR count). The molecule has 2 aromatic rings. The van der Waals surface area contributed by atoms with Crippen molar-refractivity contribution in [1.82, 2.24) is 5.32 Å². The molecule has 1 amide bonds. The third kappa shape index (κ3) is 5.15. The Kier molecular flexibility index (Phi) is 7.33. The highest BCUT2D eigenvalue weighted by Crippen LogP contribution is 2.23. The monoisotopic (exact) mass is 357 g/mol. The molecular formula is C21H27NO4. The van der Waals surface area contributed by atoms with E-state index in [9.17, 15) is 4.79 Å². The summed E-state index contributed by atoms with van der Waals surface area (Å²) in [4.78, 5) is 12.7. The number of ether oxygens (including phenoxy) is 3. The van der Waals surface area contributed by atoms with E-state index in [-0.39, 0.29) is 11.9 Å². The fraction of sp³-hybridized carbons (Fsp3) is 0.381. The summed E-state index contributed by atoms with van der Waals surface area (Å²) in [7, 11) is 3.24. The highest BCUT2D eigenvalue weighted by Gasteiger charge is 2.22. The minimum absolute atomic E-state index is 0.0728. The normalized spacial score (nSPS) is 12.8. The molecule has 0 spiro atoms. The molecule has 0 heterocycles. The number of benzene rings is 2. The van der Waals surface area contributed by atoms with Gasteiger partial charge in [-0.25, -0.2) is 0 Å². The van der Waals surface area contributed by atoms with Crippen molar-refractivity contribution < 1.29 is 19.0 Å². The van der Waals surface area contributed by atoms with Crippen LogP contribution in [0.3, 0.4) is 0 Å². The van der Waals surface area contributed by atoms with Crippen LogP contribution in [0.15, 0.2) is 48.5 Å². The van der Waals surface area contributed by atoms with Gasteiger partial charge in [-0.2, -0.15) is 0 Å². The second-order valence-corrected chi connectivity index (χ2v) is 5.94. The summed E-state index contributed by atoms with van der Waals surface area (Å²) in [5.74, 6) is 1.98. The van der Waals surface area contributed by atoms with Crippen LogP contribution in [0.5, 0.6) is 17.2 Å². The third-order valence-corrected chi connectivity index (χ3v) is 4.23. The first-order chi connectivity index (χ1) is 12.6. The van der Waals surface area contributed by atoms with E-state index in [1.54, 1.807) is 20.3 Å². The topological polar surface area (TPSA) is 56.8 Å². The van der Waals surface area contributed by atoms with Crippen LogP contribution in [-0.2, 0) is 4.79 Å². The summed E-state index contributed by atoms with van der Waals surface area (Å²) >= 11 is 0. The van der Waals surface area contributed by atoms with Gasteiger partial charge in [-0.1, -0.05) is 32.0 Å². The highest BCUT2D eigenvalue weighted by molar-refractivity contribution is 5.81. The highest BCUT2D eigenvalue weighted by atomic mass is 16.5. The van der Waals surface area contributed by atoms with E-state index in [1.807, 2.05) is 56.3 Å². The lowest BCUT2D eigenvalue weighted by Crippen LogP contribution is -2.39. The van der Waals surface area contributed by atoms with Crippen molar-refractivity contribution >= 4 is 5.91 Å². The number of hydrogen-bond acceptors (Lipinski definition) is 4. The maximum absolute atomic E-state index is 12.7. The molecule has 0 radical (unpaired) electrons. The van der Waals surface area contributed by atoms with E-state index in [4.69, 9.17) is 14.2 Å². The van der Waals surface area contributed by atoms with Gasteiger partial charge in [-0.3, -0.25) is 4.79 Å². The standard InChI is InChI=1S/C21H27NO4/c1-5-19(15-10-12-16(24-3)13-11-15)22-21(23)20(6-2)26-18-9-7-8-17(14-18)25-4/h7-14,19-20H,5-6H2,1-4H3,(H,22,23)/t19-,20-/m0/s1. The zero-order chi connectivity index (χ0) is 18.9. The molecule has 140 valence electrons. The number of rotatable bonds is 9. The fourth-order valence-electron chi connectivity index (χ4n) is 2.68. The van der Waals surface area contributed by atoms with Crippen molar-refractivity contribution in [3.63, 3.8) is 0 Å². The fourth-order valence-corrected chi connectivity index (χ4v) is 2.68. The van der Waals surface area contributed by atoms with Crippen molar-refractivity contribution in [2.45, 2.75) is 38.8 Å². The summed E-state index contributed by atoms with van der Waals surface area (Å²) in [6, 6.07) is 14.9. The molecule has 2 atom stereocenters. The van der Waals surface area contributed by atoms with Crippen LogP contribution in [0, 0.1) is 0 Å². The number of methoxy groups -OCH3 is 2. The van der Waals surface area contributed by atoms with Crippen molar-refractivity contribution in [3.8, 4) is 17.2 Å². The maximum Gasteiger partial charge on any atom is 0.261 e. The SMILES string of the molecule is CC[C@H](Oc1cccc(OC)c1)C(=O)N[C@@H](CC)c1ccc(OC)cc1. The predicted molar refractivity (Wildman–Crippen MR) is 102 cm³/mol. The minimum atomic E-state index is -0.561. The molecule has 0 bridgehead atoms. The molecule has 0 saturated carbocycles. The number of carbonyl (C=O) groups excluding carboxylic acids is 1. The molecule has 0 aliphatic rings. The van der Waals surface area contributed by atoms with Gasteiger partial charge in [0.15, 0.2) is 6.10 Å². The quantitative estimate of drug-likeness (QED) is 0.733. The van der Waals surface area contributed by atoms with E-state index in [0.717, 1.165) is 17.7 Å². The second-order valence-electron chi connectivity index (χ2n) is 5.94. The van der Waals surface area contributed by atoms with Gasteiger partial charge >= 0.3 is 0 Å². The Bertz CT molecular complexity index is 699. The predicted octanol–water partition coefficient (Wildman–Crippen LogP) is 4.13. The molecule has 0 fully saturated rings. The lowest BCUT2D eigenvalue weighted by atomic mass is 10.0. The van der Waals surface area contributed by atoms with Gasteiger partial charge in [0.1, 0.15) is 17.2 Å². The Labute approximate surface area is 155 Å². The van der Waals surface area contributed by atoms with Crippen molar-refractivity contribution in [1.29, 1.82) is 0 Å². The first-order valence-electron chi connectivity index (χ1n) is 8.86. The van der Waals surface area contributed by atoms with Crippen LogP contribution >= 0.6 is 0 Å². The molecule has 0 saturated heterocycles. The van der Waals surface area contributed by atoms with Gasteiger partial charge in [0.05, 0.1) is 20.3 Å². The summed E-state index contributed by atoms with van der Waals surface area (Å²) in [5, 5.41) is 3.08. The Hall–Kier alpha value is -2.69. The van der Waals surface area contributed by atoms with Crippen LogP contribution in [0.2, 0.25) is 0 Å². The molecule has 5 nitrogen and oxygen atoms in total. The molecule has 2 aromatic carbocycles. The van der Waals surface area contributed by atoms with Crippen LogP contribution in [0.4, 0.5) is 0 Å². The Morgan fingerprint density at radius 2 is 1.58 bits per heavy atom. The second kappa shape index (κ2) is 9.70. The van der Waals surface area contributed by atoms with Gasteiger partial charge in [0.25, 0.3) is 5.91 Å².